The van der Waals surface area contributed by atoms with E-state index in [4.69, 9.17) is 27.9 Å². The van der Waals surface area contributed by atoms with Crippen molar-refractivity contribution in [3.63, 3.8) is 0 Å². The SMILES string of the molecule is COC(=O)c1cccc(O[C@H](C)C(=O)Nc2c(Cl)cccc2Cl)c1. The average Bonchev–Trinajstić information content (AvgIpc) is 2.57. The number of para-hydroxylation sites is 1. The molecule has 2 aromatic carbocycles. The number of carbonyl (C=O) groups excluding carboxylic acids is 2. The minimum Gasteiger partial charge on any atom is -0.481 e. The van der Waals surface area contributed by atoms with Crippen LogP contribution in [0.2, 0.25) is 10.0 Å². The highest BCUT2D eigenvalue weighted by Gasteiger charge is 2.18. The number of nitrogens with one attached hydrogen (secondary N) is 1. The van der Waals surface area contributed by atoms with E-state index in [1.807, 2.05) is 0 Å². The number of carbonyl (C=O) groups is 2. The zero-order valence-corrected chi connectivity index (χ0v) is 14.5. The number of ether oxygens (including phenoxy) is 2. The molecule has 2 aromatic rings. The van der Waals surface area contributed by atoms with Crippen LogP contribution in [-0.2, 0) is 9.53 Å². The Hall–Kier alpha value is -2.24. The van der Waals surface area contributed by atoms with E-state index in [1.165, 1.54) is 13.2 Å². The molecule has 0 fully saturated rings. The highest BCUT2D eigenvalue weighted by molar-refractivity contribution is 6.39. The van der Waals surface area contributed by atoms with Crippen LogP contribution in [-0.4, -0.2) is 25.1 Å². The largest absolute Gasteiger partial charge is 0.481 e. The minimum atomic E-state index is -0.828. The van der Waals surface area contributed by atoms with E-state index in [1.54, 1.807) is 43.3 Å². The summed E-state index contributed by atoms with van der Waals surface area (Å²) in [5.41, 5.74) is 0.654. The second-order valence-electron chi connectivity index (χ2n) is 4.87. The lowest BCUT2D eigenvalue weighted by Crippen LogP contribution is -2.30. The summed E-state index contributed by atoms with van der Waals surface area (Å²) in [5, 5.41) is 3.29. The van der Waals surface area contributed by atoms with Crippen LogP contribution in [0, 0.1) is 0 Å². The molecule has 0 unspecified atom stereocenters. The third kappa shape index (κ3) is 4.40. The van der Waals surface area contributed by atoms with E-state index in [0.717, 1.165) is 0 Å². The Bertz CT molecular complexity index is 744. The van der Waals surface area contributed by atoms with Crippen molar-refractivity contribution in [2.45, 2.75) is 13.0 Å². The molecule has 0 saturated heterocycles. The molecule has 126 valence electrons. The van der Waals surface area contributed by atoms with E-state index in [9.17, 15) is 9.59 Å². The van der Waals surface area contributed by atoms with Crippen LogP contribution in [0.15, 0.2) is 42.5 Å². The van der Waals surface area contributed by atoms with Gasteiger partial charge in [-0.2, -0.15) is 0 Å². The molecule has 5 nitrogen and oxygen atoms in total. The van der Waals surface area contributed by atoms with Crippen molar-refractivity contribution in [2.75, 3.05) is 12.4 Å². The Morgan fingerprint density at radius 3 is 2.33 bits per heavy atom. The van der Waals surface area contributed by atoms with Crippen molar-refractivity contribution in [3.05, 3.63) is 58.1 Å². The van der Waals surface area contributed by atoms with Crippen molar-refractivity contribution in [1.82, 2.24) is 0 Å². The highest BCUT2D eigenvalue weighted by atomic mass is 35.5. The summed E-state index contributed by atoms with van der Waals surface area (Å²) in [6.45, 7) is 1.57. The second kappa shape index (κ2) is 8.04. The molecule has 1 N–H and O–H groups in total. The van der Waals surface area contributed by atoms with Gasteiger partial charge in [0.25, 0.3) is 5.91 Å². The topological polar surface area (TPSA) is 64.6 Å². The molecule has 0 aliphatic carbocycles. The fourth-order valence-corrected chi connectivity index (χ4v) is 2.41. The summed E-state index contributed by atoms with van der Waals surface area (Å²) in [5.74, 6) is -0.542. The van der Waals surface area contributed by atoms with Gasteiger partial charge in [-0.25, -0.2) is 4.79 Å². The van der Waals surface area contributed by atoms with E-state index >= 15 is 0 Å². The van der Waals surface area contributed by atoms with Crippen LogP contribution < -0.4 is 10.1 Å². The first kappa shape index (κ1) is 18.1. The molecule has 1 atom stereocenters. The quantitative estimate of drug-likeness (QED) is 0.804. The first-order valence-corrected chi connectivity index (χ1v) is 7.78. The molecular weight excluding hydrogens is 353 g/mol. The van der Waals surface area contributed by atoms with Crippen molar-refractivity contribution in [1.29, 1.82) is 0 Å². The van der Waals surface area contributed by atoms with Crippen molar-refractivity contribution >= 4 is 40.8 Å². The molecule has 0 aromatic heterocycles. The molecule has 7 heteroatoms. The molecule has 1 amide bonds. The van der Waals surface area contributed by atoms with E-state index in [2.05, 4.69) is 10.1 Å². The van der Waals surface area contributed by atoms with Gasteiger partial charge in [-0.1, -0.05) is 35.3 Å². The summed E-state index contributed by atoms with van der Waals surface area (Å²) in [6, 6.07) is 11.3. The lowest BCUT2D eigenvalue weighted by molar-refractivity contribution is -0.122. The Balaban J connectivity index is 2.08. The molecule has 0 heterocycles. The summed E-state index contributed by atoms with van der Waals surface area (Å²) in [4.78, 5) is 23.8. The van der Waals surface area contributed by atoms with Crippen molar-refractivity contribution < 1.29 is 19.1 Å². The minimum absolute atomic E-state index is 0.324. The molecule has 0 aliphatic rings. The predicted molar refractivity (Wildman–Crippen MR) is 93.0 cm³/mol. The van der Waals surface area contributed by atoms with Crippen molar-refractivity contribution in [2.24, 2.45) is 0 Å². The van der Waals surface area contributed by atoms with E-state index < -0.39 is 18.0 Å². The Morgan fingerprint density at radius 2 is 1.71 bits per heavy atom. The molecule has 2 rings (SSSR count). The number of rotatable bonds is 5. The molecule has 0 saturated carbocycles. The lowest BCUT2D eigenvalue weighted by Gasteiger charge is -2.16. The van der Waals surface area contributed by atoms with Crippen LogP contribution in [0.25, 0.3) is 0 Å². The third-order valence-electron chi connectivity index (χ3n) is 3.15. The zero-order valence-electron chi connectivity index (χ0n) is 13.0. The summed E-state index contributed by atoms with van der Waals surface area (Å²) >= 11 is 12.0. The standard InChI is InChI=1S/C17H15Cl2NO4/c1-10(16(21)20-15-13(18)7-4-8-14(15)19)24-12-6-3-5-11(9-12)17(22)23-2/h3-10H,1-2H3,(H,20,21)/t10-/m1/s1. The first-order valence-electron chi connectivity index (χ1n) is 7.02. The van der Waals surface area contributed by atoms with Crippen LogP contribution >= 0.6 is 23.2 Å². The Morgan fingerprint density at radius 1 is 1.08 bits per heavy atom. The van der Waals surface area contributed by atoms with Crippen molar-refractivity contribution in [3.8, 4) is 5.75 Å². The third-order valence-corrected chi connectivity index (χ3v) is 3.78. The number of benzene rings is 2. The fraction of sp³-hybridized carbons (Fsp3) is 0.176. The van der Waals surface area contributed by atoms with E-state index in [-0.39, 0.29) is 0 Å². The number of halogens is 2. The number of esters is 1. The highest BCUT2D eigenvalue weighted by Crippen LogP contribution is 2.30. The summed E-state index contributed by atoms with van der Waals surface area (Å²) < 4.78 is 10.2. The number of hydrogen-bond acceptors (Lipinski definition) is 4. The molecule has 0 aliphatic heterocycles. The maximum Gasteiger partial charge on any atom is 0.337 e. The van der Waals surface area contributed by atoms with E-state index in [0.29, 0.717) is 27.0 Å². The van der Waals surface area contributed by atoms with Gasteiger partial charge in [0, 0.05) is 0 Å². The number of anilines is 1. The van der Waals surface area contributed by atoms with Crippen LogP contribution in [0.4, 0.5) is 5.69 Å². The average molecular weight is 368 g/mol. The maximum atomic E-state index is 12.3. The Labute approximate surface area is 149 Å². The zero-order chi connectivity index (χ0) is 17.7. The monoisotopic (exact) mass is 367 g/mol. The van der Waals surface area contributed by atoms with Gasteiger partial charge in [-0.15, -0.1) is 0 Å². The summed E-state index contributed by atoms with van der Waals surface area (Å²) in [7, 11) is 1.29. The Kier molecular flexibility index (Phi) is 6.06. The van der Waals surface area contributed by atoms with Crippen LogP contribution in [0.3, 0.4) is 0 Å². The van der Waals surface area contributed by atoms with Gasteiger partial charge in [-0.05, 0) is 37.3 Å². The van der Waals surface area contributed by atoms with Gasteiger partial charge < -0.3 is 14.8 Å². The van der Waals surface area contributed by atoms with Crippen LogP contribution in [0.5, 0.6) is 5.75 Å². The van der Waals surface area contributed by atoms with Gasteiger partial charge in [0.1, 0.15) is 5.75 Å². The van der Waals surface area contributed by atoms with Gasteiger partial charge in [0.05, 0.1) is 28.4 Å². The van der Waals surface area contributed by atoms with Gasteiger partial charge in [0.15, 0.2) is 6.10 Å². The predicted octanol–water partition coefficient (Wildman–Crippen LogP) is 4.19. The lowest BCUT2D eigenvalue weighted by atomic mass is 10.2. The second-order valence-corrected chi connectivity index (χ2v) is 5.68. The molecule has 24 heavy (non-hydrogen) atoms. The number of methoxy groups -OCH3 is 1. The van der Waals surface area contributed by atoms with Gasteiger partial charge in [-0.3, -0.25) is 4.79 Å². The molecular formula is C17H15Cl2NO4. The first-order chi connectivity index (χ1) is 11.4. The molecule has 0 bridgehead atoms. The molecule has 0 radical (unpaired) electrons. The number of amides is 1. The molecule has 0 spiro atoms. The van der Waals surface area contributed by atoms with Crippen LogP contribution in [0.1, 0.15) is 17.3 Å². The van der Waals surface area contributed by atoms with Gasteiger partial charge >= 0.3 is 5.97 Å². The normalized spacial score (nSPS) is 11.5. The smallest absolute Gasteiger partial charge is 0.337 e. The van der Waals surface area contributed by atoms with Gasteiger partial charge in [0.2, 0.25) is 0 Å². The number of hydrogen-bond donors (Lipinski definition) is 1. The maximum absolute atomic E-state index is 12.3. The summed E-state index contributed by atoms with van der Waals surface area (Å²) in [6.07, 6.45) is -0.828. The fourth-order valence-electron chi connectivity index (χ4n) is 1.91.